The van der Waals surface area contributed by atoms with Gasteiger partial charge in [0, 0.05) is 18.0 Å². The number of fused-ring (bicyclic) bond motifs is 3. The van der Waals surface area contributed by atoms with Gasteiger partial charge in [-0.15, -0.1) is 0 Å². The van der Waals surface area contributed by atoms with Crippen LogP contribution in [-0.4, -0.2) is 17.0 Å². The van der Waals surface area contributed by atoms with Crippen molar-refractivity contribution in [1.82, 2.24) is 9.88 Å². The van der Waals surface area contributed by atoms with Crippen molar-refractivity contribution in [3.05, 3.63) is 35.5 Å². The van der Waals surface area contributed by atoms with Crippen LogP contribution in [0.1, 0.15) is 29.0 Å². The fourth-order valence-electron chi connectivity index (χ4n) is 2.57. The van der Waals surface area contributed by atoms with E-state index in [0.717, 1.165) is 6.07 Å². The number of nitrogens with zero attached hydrogens (tertiary/aromatic N) is 1. The summed E-state index contributed by atoms with van der Waals surface area (Å²) in [6, 6.07) is 5.31. The number of aromatic nitrogens is 1. The number of halogens is 3. The predicted octanol–water partition coefficient (Wildman–Crippen LogP) is 2.96. The van der Waals surface area contributed by atoms with Crippen molar-refractivity contribution in [3.8, 4) is 0 Å². The molecule has 0 saturated heterocycles. The van der Waals surface area contributed by atoms with Crippen LogP contribution in [0.25, 0.3) is 10.9 Å². The molecule has 2 aromatic rings. The highest BCUT2D eigenvalue weighted by molar-refractivity contribution is 6.00. The molecular formula is C13H11F3N2O. The van der Waals surface area contributed by atoms with Crippen LogP contribution in [-0.2, 0) is 6.18 Å². The van der Waals surface area contributed by atoms with Gasteiger partial charge in [0.05, 0.1) is 11.1 Å². The van der Waals surface area contributed by atoms with E-state index in [9.17, 15) is 18.0 Å². The van der Waals surface area contributed by atoms with E-state index in [1.807, 2.05) is 0 Å². The second-order valence-electron chi connectivity index (χ2n) is 4.70. The molecule has 0 bridgehead atoms. The van der Waals surface area contributed by atoms with Crippen molar-refractivity contribution in [1.29, 1.82) is 0 Å². The van der Waals surface area contributed by atoms with Gasteiger partial charge in [-0.1, -0.05) is 12.1 Å². The molecule has 100 valence electrons. The van der Waals surface area contributed by atoms with Crippen LogP contribution in [0.15, 0.2) is 24.3 Å². The maximum Gasteiger partial charge on any atom is 0.418 e. The van der Waals surface area contributed by atoms with E-state index in [1.165, 1.54) is 16.7 Å². The second-order valence-corrected chi connectivity index (χ2v) is 4.70. The number of para-hydroxylation sites is 1. The summed E-state index contributed by atoms with van der Waals surface area (Å²) >= 11 is 0. The highest BCUT2D eigenvalue weighted by Crippen LogP contribution is 2.37. The number of rotatable bonds is 0. The lowest BCUT2D eigenvalue weighted by molar-refractivity contribution is -0.136. The summed E-state index contributed by atoms with van der Waals surface area (Å²) in [7, 11) is 0. The number of carbonyl (C=O) groups excluding carboxylic acids is 1. The van der Waals surface area contributed by atoms with Gasteiger partial charge in [0.25, 0.3) is 5.91 Å². The first-order chi connectivity index (χ1) is 8.89. The topological polar surface area (TPSA) is 34.0 Å². The molecule has 1 N–H and O–H groups in total. The Kier molecular flexibility index (Phi) is 2.39. The molecule has 1 aliphatic rings. The Bertz CT molecular complexity index is 672. The zero-order valence-corrected chi connectivity index (χ0v) is 10.1. The van der Waals surface area contributed by atoms with Crippen LogP contribution >= 0.6 is 0 Å². The first-order valence-electron chi connectivity index (χ1n) is 5.89. The Balaban J connectivity index is 2.41. The molecule has 0 spiro atoms. The zero-order valence-electron chi connectivity index (χ0n) is 10.1. The number of carbonyl (C=O) groups is 1. The van der Waals surface area contributed by atoms with E-state index in [-0.39, 0.29) is 23.2 Å². The summed E-state index contributed by atoms with van der Waals surface area (Å²) in [6.07, 6.45) is -4.43. The van der Waals surface area contributed by atoms with E-state index in [2.05, 4.69) is 5.32 Å². The molecule has 1 aromatic carbocycles. The first-order valence-corrected chi connectivity index (χ1v) is 5.89. The molecule has 0 unspecified atom stereocenters. The van der Waals surface area contributed by atoms with E-state index < -0.39 is 11.7 Å². The molecule has 0 aliphatic carbocycles. The number of benzene rings is 1. The Morgan fingerprint density at radius 3 is 2.79 bits per heavy atom. The Labute approximate surface area is 107 Å². The van der Waals surface area contributed by atoms with Gasteiger partial charge in [-0.3, -0.25) is 4.79 Å². The van der Waals surface area contributed by atoms with E-state index in [0.29, 0.717) is 11.9 Å². The summed E-state index contributed by atoms with van der Waals surface area (Å²) in [6.45, 7) is 2.12. The van der Waals surface area contributed by atoms with Crippen LogP contribution in [0, 0.1) is 0 Å². The molecule has 0 saturated carbocycles. The van der Waals surface area contributed by atoms with Gasteiger partial charge < -0.3 is 9.88 Å². The highest BCUT2D eigenvalue weighted by Gasteiger charge is 2.36. The van der Waals surface area contributed by atoms with Crippen LogP contribution in [0.3, 0.4) is 0 Å². The van der Waals surface area contributed by atoms with Crippen molar-refractivity contribution < 1.29 is 18.0 Å². The maximum absolute atomic E-state index is 13.1. The minimum atomic E-state index is -4.43. The summed E-state index contributed by atoms with van der Waals surface area (Å²) in [4.78, 5) is 11.7. The molecule has 0 fully saturated rings. The third kappa shape index (κ3) is 1.70. The van der Waals surface area contributed by atoms with E-state index >= 15 is 0 Å². The first kappa shape index (κ1) is 12.1. The summed E-state index contributed by atoms with van der Waals surface area (Å²) in [5, 5.41) is 3.10. The summed E-state index contributed by atoms with van der Waals surface area (Å²) in [5.74, 6) is -0.331. The van der Waals surface area contributed by atoms with Crippen LogP contribution < -0.4 is 5.32 Å². The minimum Gasteiger partial charge on any atom is -0.349 e. The number of hydrogen-bond donors (Lipinski definition) is 1. The average molecular weight is 268 g/mol. The van der Waals surface area contributed by atoms with Crippen LogP contribution in [0.2, 0.25) is 0 Å². The Hall–Kier alpha value is -1.98. The summed E-state index contributed by atoms with van der Waals surface area (Å²) < 4.78 is 40.7. The van der Waals surface area contributed by atoms with E-state index in [1.54, 1.807) is 13.0 Å². The van der Waals surface area contributed by atoms with Gasteiger partial charge in [0.15, 0.2) is 0 Å². The van der Waals surface area contributed by atoms with Crippen molar-refractivity contribution >= 4 is 16.8 Å². The fourth-order valence-corrected chi connectivity index (χ4v) is 2.57. The summed E-state index contributed by atoms with van der Waals surface area (Å²) in [5.41, 5.74) is -0.324. The zero-order chi connectivity index (χ0) is 13.8. The number of alkyl halides is 3. The molecule has 1 amide bonds. The number of hydrogen-bond acceptors (Lipinski definition) is 1. The lowest BCUT2D eigenvalue weighted by Crippen LogP contribution is -2.37. The van der Waals surface area contributed by atoms with Gasteiger partial charge in [-0.25, -0.2) is 0 Å². The molecule has 2 heterocycles. The van der Waals surface area contributed by atoms with Gasteiger partial charge in [0.1, 0.15) is 5.69 Å². The third-order valence-corrected chi connectivity index (χ3v) is 3.40. The SMILES string of the molecule is C[C@@H]1CNC(=O)c2cc3cccc(C(F)(F)F)c3n21. The average Bonchev–Trinajstić information content (AvgIpc) is 2.73. The van der Waals surface area contributed by atoms with Crippen LogP contribution in [0.4, 0.5) is 13.2 Å². The van der Waals surface area contributed by atoms with Crippen LogP contribution in [0.5, 0.6) is 0 Å². The molecule has 3 rings (SSSR count). The van der Waals surface area contributed by atoms with Gasteiger partial charge >= 0.3 is 6.18 Å². The Morgan fingerprint density at radius 1 is 1.37 bits per heavy atom. The van der Waals surface area contributed by atoms with Crippen molar-refractivity contribution in [3.63, 3.8) is 0 Å². The second kappa shape index (κ2) is 3.76. The van der Waals surface area contributed by atoms with Crippen molar-refractivity contribution in [2.75, 3.05) is 6.54 Å². The molecular weight excluding hydrogens is 257 g/mol. The van der Waals surface area contributed by atoms with Crippen molar-refractivity contribution in [2.24, 2.45) is 0 Å². The highest BCUT2D eigenvalue weighted by atomic mass is 19.4. The normalized spacial score (nSPS) is 19.4. The minimum absolute atomic E-state index is 0.0901. The monoisotopic (exact) mass is 268 g/mol. The number of nitrogens with one attached hydrogen (secondary N) is 1. The molecule has 19 heavy (non-hydrogen) atoms. The third-order valence-electron chi connectivity index (χ3n) is 3.40. The van der Waals surface area contributed by atoms with Gasteiger partial charge in [-0.05, 0) is 19.1 Å². The quantitative estimate of drug-likeness (QED) is 0.783. The molecule has 6 heteroatoms. The van der Waals surface area contributed by atoms with Crippen molar-refractivity contribution in [2.45, 2.75) is 19.1 Å². The lowest BCUT2D eigenvalue weighted by atomic mass is 10.1. The van der Waals surface area contributed by atoms with Gasteiger partial charge in [-0.2, -0.15) is 13.2 Å². The number of amides is 1. The lowest BCUT2D eigenvalue weighted by Gasteiger charge is -2.25. The molecule has 1 atom stereocenters. The standard InChI is InChI=1S/C13H11F3N2O/c1-7-6-17-12(19)10-5-8-3-2-4-9(13(14,15)16)11(8)18(7)10/h2-5,7H,6H2,1H3,(H,17,19)/t7-/m1/s1. The molecule has 3 nitrogen and oxygen atoms in total. The molecule has 1 aliphatic heterocycles. The maximum atomic E-state index is 13.1. The Morgan fingerprint density at radius 2 is 2.11 bits per heavy atom. The molecule has 1 aromatic heterocycles. The largest absolute Gasteiger partial charge is 0.418 e. The van der Waals surface area contributed by atoms with E-state index in [4.69, 9.17) is 0 Å². The van der Waals surface area contributed by atoms with Gasteiger partial charge in [0.2, 0.25) is 0 Å². The predicted molar refractivity (Wildman–Crippen MR) is 64.0 cm³/mol. The fraction of sp³-hybridized carbons (Fsp3) is 0.308. The molecule has 0 radical (unpaired) electrons. The smallest absolute Gasteiger partial charge is 0.349 e.